The lowest BCUT2D eigenvalue weighted by atomic mass is 10.0. The van der Waals surface area contributed by atoms with Crippen LogP contribution in [0.4, 0.5) is 0 Å². The van der Waals surface area contributed by atoms with Gasteiger partial charge in [-0.15, -0.1) is 23.7 Å². The van der Waals surface area contributed by atoms with Crippen molar-refractivity contribution >= 4 is 39.7 Å². The summed E-state index contributed by atoms with van der Waals surface area (Å²) in [5, 5.41) is 2.65. The van der Waals surface area contributed by atoms with Crippen LogP contribution in [0.3, 0.4) is 0 Å². The standard InChI is InChI=1S/C13H21N3O3S2.ClH/c1-10(17)15-8-11-4-5-12(20-11)21(18,19)16-13(9-14)6-2-3-7-13;/h4-5,16H,2-3,6-9,14H2,1H3,(H,15,17);1H. The van der Waals surface area contributed by atoms with Crippen molar-refractivity contribution in [1.82, 2.24) is 10.0 Å². The number of thiophene rings is 1. The molecule has 0 spiro atoms. The van der Waals surface area contributed by atoms with Crippen molar-refractivity contribution in [2.75, 3.05) is 6.54 Å². The van der Waals surface area contributed by atoms with E-state index in [4.69, 9.17) is 5.73 Å². The molecule has 0 unspecified atom stereocenters. The van der Waals surface area contributed by atoms with Crippen molar-refractivity contribution in [2.24, 2.45) is 5.73 Å². The highest BCUT2D eigenvalue weighted by atomic mass is 35.5. The van der Waals surface area contributed by atoms with Crippen molar-refractivity contribution in [3.63, 3.8) is 0 Å². The minimum Gasteiger partial charge on any atom is -0.351 e. The van der Waals surface area contributed by atoms with E-state index in [-0.39, 0.29) is 22.5 Å². The number of hydrogen-bond donors (Lipinski definition) is 3. The van der Waals surface area contributed by atoms with Gasteiger partial charge in [0.15, 0.2) is 0 Å². The number of nitrogens with two attached hydrogens (primary N) is 1. The Labute approximate surface area is 141 Å². The zero-order valence-electron chi connectivity index (χ0n) is 12.4. The molecule has 0 atom stereocenters. The summed E-state index contributed by atoms with van der Waals surface area (Å²) in [5.41, 5.74) is 5.27. The highest BCUT2D eigenvalue weighted by Crippen LogP contribution is 2.31. The maximum Gasteiger partial charge on any atom is 0.250 e. The Balaban J connectivity index is 0.00000242. The highest BCUT2D eigenvalue weighted by molar-refractivity contribution is 7.91. The van der Waals surface area contributed by atoms with Crippen molar-refractivity contribution in [1.29, 1.82) is 0 Å². The van der Waals surface area contributed by atoms with Gasteiger partial charge in [-0.25, -0.2) is 13.1 Å². The fourth-order valence-corrected chi connectivity index (χ4v) is 5.31. The van der Waals surface area contributed by atoms with E-state index in [1.54, 1.807) is 12.1 Å². The van der Waals surface area contributed by atoms with E-state index in [9.17, 15) is 13.2 Å². The van der Waals surface area contributed by atoms with Gasteiger partial charge in [0.25, 0.3) is 10.0 Å². The van der Waals surface area contributed by atoms with Crippen molar-refractivity contribution in [2.45, 2.75) is 48.9 Å². The molecule has 1 amide bonds. The molecule has 9 heteroatoms. The first kappa shape index (κ1) is 19.4. The van der Waals surface area contributed by atoms with Crippen LogP contribution < -0.4 is 15.8 Å². The summed E-state index contributed by atoms with van der Waals surface area (Å²) >= 11 is 1.17. The van der Waals surface area contributed by atoms with E-state index in [1.807, 2.05) is 0 Å². The van der Waals surface area contributed by atoms with Crippen molar-refractivity contribution in [3.05, 3.63) is 17.0 Å². The third kappa shape index (κ3) is 4.66. The zero-order chi connectivity index (χ0) is 15.5. The van der Waals surface area contributed by atoms with Gasteiger partial charge in [0.05, 0.1) is 6.54 Å². The fourth-order valence-electron chi connectivity index (χ4n) is 2.54. The lowest BCUT2D eigenvalue weighted by Gasteiger charge is -2.27. The number of amides is 1. The Morgan fingerprint density at radius 1 is 1.36 bits per heavy atom. The molecule has 4 N–H and O–H groups in total. The third-order valence-electron chi connectivity index (χ3n) is 3.72. The molecule has 1 heterocycles. The summed E-state index contributed by atoms with van der Waals surface area (Å²) in [5.74, 6) is -0.140. The van der Waals surface area contributed by atoms with E-state index in [0.29, 0.717) is 13.1 Å². The number of carbonyl (C=O) groups excluding carboxylic acids is 1. The Morgan fingerprint density at radius 3 is 2.55 bits per heavy atom. The fraction of sp³-hybridized carbons (Fsp3) is 0.615. The van der Waals surface area contributed by atoms with Gasteiger partial charge in [0.2, 0.25) is 5.91 Å². The quantitative estimate of drug-likeness (QED) is 0.706. The van der Waals surface area contributed by atoms with Crippen LogP contribution in [0.1, 0.15) is 37.5 Å². The first-order chi connectivity index (χ1) is 9.87. The number of sulfonamides is 1. The number of rotatable bonds is 6. The second-order valence-electron chi connectivity index (χ2n) is 5.43. The Morgan fingerprint density at radius 2 is 2.00 bits per heavy atom. The molecule has 0 aromatic carbocycles. The summed E-state index contributed by atoms with van der Waals surface area (Å²) in [4.78, 5) is 11.7. The lowest BCUT2D eigenvalue weighted by molar-refractivity contribution is -0.119. The molecule has 6 nitrogen and oxygen atoms in total. The molecule has 1 aromatic heterocycles. The second-order valence-corrected chi connectivity index (χ2v) is 8.51. The Kier molecular flexibility index (Phi) is 6.82. The Hall–Kier alpha value is -0.670. The van der Waals surface area contributed by atoms with Crippen LogP contribution in [0.2, 0.25) is 0 Å². The van der Waals surface area contributed by atoms with Gasteiger partial charge in [0.1, 0.15) is 4.21 Å². The first-order valence-electron chi connectivity index (χ1n) is 6.94. The smallest absolute Gasteiger partial charge is 0.250 e. The van der Waals surface area contributed by atoms with Gasteiger partial charge < -0.3 is 11.1 Å². The van der Waals surface area contributed by atoms with Crippen LogP contribution in [0.15, 0.2) is 16.3 Å². The third-order valence-corrected chi connectivity index (χ3v) is 6.87. The molecule has 0 aliphatic heterocycles. The van der Waals surface area contributed by atoms with Crippen LogP contribution >= 0.6 is 23.7 Å². The predicted octanol–water partition coefficient (Wildman–Crippen LogP) is 1.36. The largest absolute Gasteiger partial charge is 0.351 e. The van der Waals surface area contributed by atoms with Crippen LogP contribution in [-0.2, 0) is 21.4 Å². The summed E-state index contributed by atoms with van der Waals surface area (Å²) in [7, 11) is -3.56. The maximum atomic E-state index is 12.5. The van der Waals surface area contributed by atoms with Crippen LogP contribution in [-0.4, -0.2) is 26.4 Å². The van der Waals surface area contributed by atoms with E-state index < -0.39 is 15.6 Å². The summed E-state index contributed by atoms with van der Waals surface area (Å²) in [6, 6.07) is 3.29. The van der Waals surface area contributed by atoms with E-state index in [2.05, 4.69) is 10.0 Å². The minimum atomic E-state index is -3.56. The molecule has 0 bridgehead atoms. The van der Waals surface area contributed by atoms with Gasteiger partial charge in [-0.05, 0) is 25.0 Å². The average molecular weight is 368 g/mol. The average Bonchev–Trinajstić information content (AvgIpc) is 3.05. The van der Waals surface area contributed by atoms with Gasteiger partial charge in [-0.1, -0.05) is 12.8 Å². The van der Waals surface area contributed by atoms with Crippen LogP contribution in [0.5, 0.6) is 0 Å². The first-order valence-corrected chi connectivity index (χ1v) is 9.24. The van der Waals surface area contributed by atoms with Gasteiger partial charge in [0, 0.05) is 23.9 Å². The number of hydrogen-bond acceptors (Lipinski definition) is 5. The van der Waals surface area contributed by atoms with E-state index >= 15 is 0 Å². The SMILES string of the molecule is CC(=O)NCc1ccc(S(=O)(=O)NC2(CN)CCCC2)s1.Cl. The second kappa shape index (κ2) is 7.74. The monoisotopic (exact) mass is 367 g/mol. The molecule has 22 heavy (non-hydrogen) atoms. The summed E-state index contributed by atoms with van der Waals surface area (Å²) < 4.78 is 28.0. The zero-order valence-corrected chi connectivity index (χ0v) is 14.9. The van der Waals surface area contributed by atoms with Crippen molar-refractivity contribution in [3.8, 4) is 0 Å². The molecule has 0 saturated heterocycles. The molecule has 1 saturated carbocycles. The van der Waals surface area contributed by atoms with Gasteiger partial charge in [-0.3, -0.25) is 4.79 Å². The molecule has 0 radical (unpaired) electrons. The van der Waals surface area contributed by atoms with Crippen LogP contribution in [0.25, 0.3) is 0 Å². The predicted molar refractivity (Wildman–Crippen MR) is 89.7 cm³/mol. The highest BCUT2D eigenvalue weighted by Gasteiger charge is 2.37. The number of carbonyl (C=O) groups is 1. The molecule has 1 aliphatic carbocycles. The van der Waals surface area contributed by atoms with Crippen molar-refractivity contribution < 1.29 is 13.2 Å². The van der Waals surface area contributed by atoms with Gasteiger partial charge in [-0.2, -0.15) is 0 Å². The topological polar surface area (TPSA) is 101 Å². The number of nitrogens with one attached hydrogen (secondary N) is 2. The summed E-state index contributed by atoms with van der Waals surface area (Å²) in [6.07, 6.45) is 3.57. The van der Waals surface area contributed by atoms with E-state index in [1.165, 1.54) is 18.3 Å². The van der Waals surface area contributed by atoms with Crippen LogP contribution in [0, 0.1) is 0 Å². The number of halogens is 1. The molecule has 2 rings (SSSR count). The van der Waals surface area contributed by atoms with E-state index in [0.717, 1.165) is 30.6 Å². The molecule has 1 aliphatic rings. The molecular formula is C13H22ClN3O3S2. The normalized spacial score (nSPS) is 17.0. The Bertz CT molecular complexity index is 610. The molecular weight excluding hydrogens is 346 g/mol. The lowest BCUT2D eigenvalue weighted by Crippen LogP contribution is -2.51. The van der Waals surface area contributed by atoms with Gasteiger partial charge >= 0.3 is 0 Å². The molecule has 1 fully saturated rings. The minimum absolute atomic E-state index is 0. The molecule has 126 valence electrons. The summed E-state index contributed by atoms with van der Waals surface area (Å²) in [6.45, 7) is 2.09. The maximum absolute atomic E-state index is 12.5. The molecule has 1 aromatic rings.